The van der Waals surface area contributed by atoms with E-state index in [4.69, 9.17) is 4.74 Å². The molecule has 1 aromatic carbocycles. The van der Waals surface area contributed by atoms with E-state index in [0.29, 0.717) is 17.3 Å². The molecule has 0 saturated carbocycles. The zero-order chi connectivity index (χ0) is 12.5. The van der Waals surface area contributed by atoms with Gasteiger partial charge in [-0.1, -0.05) is 5.21 Å². The highest BCUT2D eigenvalue weighted by molar-refractivity contribution is 5.59. The fourth-order valence-corrected chi connectivity index (χ4v) is 1.87. The third-order valence-electron chi connectivity index (χ3n) is 3.09. The number of nitrogens with one attached hydrogen (secondary N) is 1. The lowest BCUT2D eigenvalue weighted by Crippen LogP contribution is -2.43. The van der Waals surface area contributed by atoms with Crippen molar-refractivity contribution in [1.82, 2.24) is 20.3 Å². The first-order valence-electron chi connectivity index (χ1n) is 5.74. The molecule has 0 amide bonds. The number of benzene rings is 1. The van der Waals surface area contributed by atoms with Crippen molar-refractivity contribution in [2.75, 3.05) is 20.2 Å². The molecule has 0 atom stereocenters. The molecule has 0 bridgehead atoms. The molecule has 5 nitrogen and oxygen atoms in total. The molecular formula is C12H13FN4O. The molecule has 6 heteroatoms. The molecule has 0 radical (unpaired) electrons. The van der Waals surface area contributed by atoms with Crippen molar-refractivity contribution in [1.29, 1.82) is 0 Å². The predicted octanol–water partition coefficient (Wildman–Crippen LogP) is 1.24. The van der Waals surface area contributed by atoms with Crippen LogP contribution in [0.2, 0.25) is 0 Å². The van der Waals surface area contributed by atoms with Crippen LogP contribution in [-0.2, 0) is 0 Å². The Bertz CT molecular complexity index is 565. The lowest BCUT2D eigenvalue weighted by atomic mass is 10.1. The first-order valence-corrected chi connectivity index (χ1v) is 5.74. The van der Waals surface area contributed by atoms with E-state index in [0.717, 1.165) is 13.1 Å². The summed E-state index contributed by atoms with van der Waals surface area (Å²) in [6, 6.07) is 5.13. The predicted molar refractivity (Wildman–Crippen MR) is 63.9 cm³/mol. The molecule has 94 valence electrons. The quantitative estimate of drug-likeness (QED) is 0.887. The number of methoxy groups -OCH3 is 1. The molecule has 1 aromatic heterocycles. The second-order valence-electron chi connectivity index (χ2n) is 4.25. The molecule has 2 heterocycles. The monoisotopic (exact) mass is 248 g/mol. The Kier molecular flexibility index (Phi) is 2.71. The number of ether oxygens (including phenoxy) is 1. The average molecular weight is 248 g/mol. The zero-order valence-corrected chi connectivity index (χ0v) is 9.93. The number of halogens is 1. The first kappa shape index (κ1) is 11.2. The Morgan fingerprint density at radius 3 is 2.89 bits per heavy atom. The summed E-state index contributed by atoms with van der Waals surface area (Å²) < 4.78 is 20.3. The number of hydrogen-bond donors (Lipinski definition) is 1. The van der Waals surface area contributed by atoms with Gasteiger partial charge in [0, 0.05) is 18.7 Å². The SMILES string of the molecule is COc1ccc(-c2cn(C3CNC3)nn2)cc1F. The molecule has 18 heavy (non-hydrogen) atoms. The van der Waals surface area contributed by atoms with Gasteiger partial charge in [0.2, 0.25) is 0 Å². The molecule has 1 fully saturated rings. The summed E-state index contributed by atoms with van der Waals surface area (Å²) in [7, 11) is 1.44. The van der Waals surface area contributed by atoms with Gasteiger partial charge in [-0.2, -0.15) is 0 Å². The van der Waals surface area contributed by atoms with Crippen molar-refractivity contribution < 1.29 is 9.13 Å². The second-order valence-corrected chi connectivity index (χ2v) is 4.25. The van der Waals surface area contributed by atoms with Gasteiger partial charge in [-0.25, -0.2) is 9.07 Å². The van der Waals surface area contributed by atoms with Crippen LogP contribution in [0.5, 0.6) is 5.75 Å². The normalized spacial score (nSPS) is 15.4. The second kappa shape index (κ2) is 4.38. The smallest absolute Gasteiger partial charge is 0.165 e. The summed E-state index contributed by atoms with van der Waals surface area (Å²) in [5.74, 6) is -0.163. The van der Waals surface area contributed by atoms with E-state index >= 15 is 0 Å². The Labute approximate surface area is 104 Å². The maximum Gasteiger partial charge on any atom is 0.165 e. The van der Waals surface area contributed by atoms with E-state index in [1.54, 1.807) is 12.1 Å². The average Bonchev–Trinajstić information content (AvgIpc) is 2.76. The van der Waals surface area contributed by atoms with E-state index in [2.05, 4.69) is 15.6 Å². The van der Waals surface area contributed by atoms with Crippen LogP contribution in [0.3, 0.4) is 0 Å². The van der Waals surface area contributed by atoms with Crippen molar-refractivity contribution in [2.24, 2.45) is 0 Å². The molecule has 0 unspecified atom stereocenters. The van der Waals surface area contributed by atoms with E-state index in [1.165, 1.54) is 13.2 Å². The van der Waals surface area contributed by atoms with Crippen molar-refractivity contribution >= 4 is 0 Å². The Hall–Kier alpha value is -1.95. The van der Waals surface area contributed by atoms with Crippen LogP contribution in [0.4, 0.5) is 4.39 Å². The van der Waals surface area contributed by atoms with Gasteiger partial charge in [0.25, 0.3) is 0 Å². The van der Waals surface area contributed by atoms with Crippen LogP contribution in [0.25, 0.3) is 11.3 Å². The number of rotatable bonds is 3. The third-order valence-corrected chi connectivity index (χ3v) is 3.09. The summed E-state index contributed by atoms with van der Waals surface area (Å²) in [5, 5.41) is 11.3. The fourth-order valence-electron chi connectivity index (χ4n) is 1.87. The van der Waals surface area contributed by atoms with Gasteiger partial charge in [-0.3, -0.25) is 0 Å². The highest BCUT2D eigenvalue weighted by atomic mass is 19.1. The molecule has 1 saturated heterocycles. The maximum atomic E-state index is 13.6. The number of nitrogens with zero attached hydrogens (tertiary/aromatic N) is 3. The lowest BCUT2D eigenvalue weighted by molar-refractivity contribution is 0.313. The van der Waals surface area contributed by atoms with Crippen LogP contribution in [-0.4, -0.2) is 35.2 Å². The topological polar surface area (TPSA) is 52.0 Å². The Balaban J connectivity index is 1.89. The minimum atomic E-state index is -0.394. The Morgan fingerprint density at radius 1 is 1.44 bits per heavy atom. The van der Waals surface area contributed by atoms with Crippen LogP contribution in [0.15, 0.2) is 24.4 Å². The van der Waals surface area contributed by atoms with Gasteiger partial charge in [-0.15, -0.1) is 5.10 Å². The van der Waals surface area contributed by atoms with Crippen LogP contribution >= 0.6 is 0 Å². The van der Waals surface area contributed by atoms with Crippen molar-refractivity contribution in [3.63, 3.8) is 0 Å². The first-order chi connectivity index (χ1) is 8.78. The van der Waals surface area contributed by atoms with Gasteiger partial charge in [0.1, 0.15) is 5.69 Å². The van der Waals surface area contributed by atoms with Crippen molar-refractivity contribution in [2.45, 2.75) is 6.04 Å². The van der Waals surface area contributed by atoms with Gasteiger partial charge in [0.15, 0.2) is 11.6 Å². The van der Waals surface area contributed by atoms with Gasteiger partial charge in [0.05, 0.1) is 19.3 Å². The van der Waals surface area contributed by atoms with Gasteiger partial charge >= 0.3 is 0 Å². The third kappa shape index (κ3) is 1.84. The molecule has 1 aliphatic rings. The van der Waals surface area contributed by atoms with Crippen LogP contribution in [0, 0.1) is 5.82 Å². The van der Waals surface area contributed by atoms with E-state index in [9.17, 15) is 4.39 Å². The fraction of sp³-hybridized carbons (Fsp3) is 0.333. The number of hydrogen-bond acceptors (Lipinski definition) is 4. The largest absolute Gasteiger partial charge is 0.494 e. The summed E-state index contributed by atoms with van der Waals surface area (Å²) in [6.45, 7) is 1.81. The maximum absolute atomic E-state index is 13.6. The summed E-state index contributed by atoms with van der Waals surface area (Å²) in [6.07, 6.45) is 1.84. The van der Waals surface area contributed by atoms with E-state index in [1.807, 2.05) is 10.9 Å². The van der Waals surface area contributed by atoms with Crippen LogP contribution in [0.1, 0.15) is 6.04 Å². The van der Waals surface area contributed by atoms with Gasteiger partial charge in [-0.05, 0) is 18.2 Å². The minimum Gasteiger partial charge on any atom is -0.494 e. The molecule has 1 aliphatic heterocycles. The highest BCUT2D eigenvalue weighted by Crippen LogP contribution is 2.24. The van der Waals surface area contributed by atoms with Crippen molar-refractivity contribution in [3.8, 4) is 17.0 Å². The lowest BCUT2D eigenvalue weighted by Gasteiger charge is -2.26. The molecule has 3 rings (SSSR count). The van der Waals surface area contributed by atoms with E-state index < -0.39 is 5.82 Å². The van der Waals surface area contributed by atoms with E-state index in [-0.39, 0.29) is 5.75 Å². The summed E-state index contributed by atoms with van der Waals surface area (Å²) in [5.41, 5.74) is 1.37. The summed E-state index contributed by atoms with van der Waals surface area (Å²) >= 11 is 0. The zero-order valence-electron chi connectivity index (χ0n) is 9.93. The summed E-state index contributed by atoms with van der Waals surface area (Å²) in [4.78, 5) is 0. The van der Waals surface area contributed by atoms with Crippen LogP contribution < -0.4 is 10.1 Å². The van der Waals surface area contributed by atoms with Crippen molar-refractivity contribution in [3.05, 3.63) is 30.2 Å². The Morgan fingerprint density at radius 2 is 2.28 bits per heavy atom. The van der Waals surface area contributed by atoms with Gasteiger partial charge < -0.3 is 10.1 Å². The molecule has 0 spiro atoms. The molecule has 1 N–H and O–H groups in total. The minimum absolute atomic E-state index is 0.231. The highest BCUT2D eigenvalue weighted by Gasteiger charge is 2.20. The number of aromatic nitrogens is 3. The molecule has 0 aliphatic carbocycles. The molecule has 2 aromatic rings. The molecular weight excluding hydrogens is 235 g/mol. The standard InChI is InChI=1S/C12H13FN4O/c1-18-12-3-2-8(4-10(12)13)11-7-17(16-15-11)9-5-14-6-9/h2-4,7,9,14H,5-6H2,1H3.